The molecule has 86 valence electrons. The minimum atomic E-state index is 0.445. The quantitative estimate of drug-likeness (QED) is 0.841. The van der Waals surface area contributed by atoms with Gasteiger partial charge in [0.25, 0.3) is 0 Å². The average molecular weight is 317 g/mol. The second-order valence-electron chi connectivity index (χ2n) is 3.76. The Balaban J connectivity index is 2.22. The van der Waals surface area contributed by atoms with Gasteiger partial charge in [0.15, 0.2) is 0 Å². The van der Waals surface area contributed by atoms with E-state index in [0.717, 1.165) is 21.5 Å². The molecule has 1 fully saturated rings. The van der Waals surface area contributed by atoms with Crippen LogP contribution in [0.5, 0.6) is 0 Å². The zero-order valence-corrected chi connectivity index (χ0v) is 11.9. The number of thioether (sulfide) groups is 1. The number of nitrogens with two attached hydrogens (primary N) is 1. The van der Waals surface area contributed by atoms with Crippen LogP contribution < -0.4 is 11.1 Å². The summed E-state index contributed by atoms with van der Waals surface area (Å²) in [6.45, 7) is 0. The Labute approximate surface area is 113 Å². The normalized spacial score (nSPS) is 19.7. The van der Waals surface area contributed by atoms with Gasteiger partial charge in [-0.1, -0.05) is 28.1 Å². The monoisotopic (exact) mass is 316 g/mol. The van der Waals surface area contributed by atoms with Crippen LogP contribution >= 0.6 is 39.9 Å². The molecule has 2 rings (SSSR count). The van der Waals surface area contributed by atoms with Crippen molar-refractivity contribution in [1.82, 2.24) is 0 Å². The van der Waals surface area contributed by atoms with E-state index in [9.17, 15) is 0 Å². The summed E-state index contributed by atoms with van der Waals surface area (Å²) in [5, 5.41) is 3.51. The molecule has 5 heteroatoms. The van der Waals surface area contributed by atoms with Crippen LogP contribution in [0.1, 0.15) is 12.0 Å². The fourth-order valence-electron chi connectivity index (χ4n) is 1.72. The second kappa shape index (κ2) is 5.38. The topological polar surface area (TPSA) is 38.0 Å². The molecule has 1 aliphatic rings. The lowest BCUT2D eigenvalue weighted by Crippen LogP contribution is -2.21. The molecule has 0 aromatic heterocycles. The zero-order valence-electron chi connectivity index (χ0n) is 8.70. The van der Waals surface area contributed by atoms with E-state index in [1.807, 2.05) is 30.0 Å². The SMILES string of the molecule is NC(=S)c1ccc(Br)cc1NC1CCSC1. The third-order valence-corrected chi connectivity index (χ3v) is 4.41. The molecule has 1 unspecified atom stereocenters. The van der Waals surface area contributed by atoms with Crippen molar-refractivity contribution in [2.75, 3.05) is 16.8 Å². The smallest absolute Gasteiger partial charge is 0.106 e. The van der Waals surface area contributed by atoms with E-state index < -0.39 is 0 Å². The van der Waals surface area contributed by atoms with Gasteiger partial charge in [-0.05, 0) is 30.4 Å². The molecule has 0 aliphatic carbocycles. The van der Waals surface area contributed by atoms with Gasteiger partial charge in [0.1, 0.15) is 4.99 Å². The molecule has 1 heterocycles. The van der Waals surface area contributed by atoms with Crippen molar-refractivity contribution in [3.8, 4) is 0 Å². The molecule has 16 heavy (non-hydrogen) atoms. The molecule has 1 saturated heterocycles. The molecule has 1 aromatic rings. The van der Waals surface area contributed by atoms with Crippen LogP contribution in [0.3, 0.4) is 0 Å². The fourth-order valence-corrected chi connectivity index (χ4v) is 3.41. The number of rotatable bonds is 3. The second-order valence-corrected chi connectivity index (χ2v) is 6.26. The number of thiocarbonyl (C=S) groups is 1. The van der Waals surface area contributed by atoms with E-state index in [2.05, 4.69) is 21.2 Å². The third kappa shape index (κ3) is 2.90. The fraction of sp³-hybridized carbons (Fsp3) is 0.364. The first-order valence-corrected chi connectivity index (χ1v) is 7.46. The van der Waals surface area contributed by atoms with E-state index in [4.69, 9.17) is 18.0 Å². The highest BCUT2D eigenvalue weighted by molar-refractivity contribution is 9.10. The molecule has 1 aliphatic heterocycles. The Hall–Kier alpha value is -0.260. The minimum absolute atomic E-state index is 0.445. The van der Waals surface area contributed by atoms with Crippen molar-refractivity contribution < 1.29 is 0 Å². The van der Waals surface area contributed by atoms with Crippen molar-refractivity contribution in [2.24, 2.45) is 5.73 Å². The van der Waals surface area contributed by atoms with Gasteiger partial charge in [0.05, 0.1) is 0 Å². The van der Waals surface area contributed by atoms with Gasteiger partial charge in [0, 0.05) is 27.5 Å². The highest BCUT2D eigenvalue weighted by atomic mass is 79.9. The van der Waals surface area contributed by atoms with E-state index in [1.165, 1.54) is 12.2 Å². The molecule has 1 aromatic carbocycles. The van der Waals surface area contributed by atoms with Crippen molar-refractivity contribution in [3.63, 3.8) is 0 Å². The van der Waals surface area contributed by atoms with Gasteiger partial charge in [-0.3, -0.25) is 0 Å². The van der Waals surface area contributed by atoms with Crippen LogP contribution in [0.25, 0.3) is 0 Å². The lowest BCUT2D eigenvalue weighted by Gasteiger charge is -2.16. The lowest BCUT2D eigenvalue weighted by atomic mass is 10.1. The van der Waals surface area contributed by atoms with Crippen LogP contribution in [-0.4, -0.2) is 22.5 Å². The van der Waals surface area contributed by atoms with Crippen molar-refractivity contribution in [3.05, 3.63) is 28.2 Å². The van der Waals surface area contributed by atoms with Crippen molar-refractivity contribution in [2.45, 2.75) is 12.5 Å². The summed E-state index contributed by atoms with van der Waals surface area (Å²) in [6, 6.07) is 6.49. The number of hydrogen-bond donors (Lipinski definition) is 2. The first-order valence-electron chi connectivity index (χ1n) is 5.10. The molecular formula is C11H13BrN2S2. The van der Waals surface area contributed by atoms with E-state index in [-0.39, 0.29) is 0 Å². The average Bonchev–Trinajstić information content (AvgIpc) is 2.70. The third-order valence-electron chi connectivity index (χ3n) is 2.54. The van der Waals surface area contributed by atoms with Crippen LogP contribution in [0.2, 0.25) is 0 Å². The number of halogens is 1. The molecule has 0 saturated carbocycles. The number of hydrogen-bond acceptors (Lipinski definition) is 3. The number of nitrogens with one attached hydrogen (secondary N) is 1. The molecule has 0 radical (unpaired) electrons. The van der Waals surface area contributed by atoms with E-state index in [0.29, 0.717) is 11.0 Å². The molecule has 0 amide bonds. The Morgan fingerprint density at radius 1 is 1.56 bits per heavy atom. The van der Waals surface area contributed by atoms with Crippen LogP contribution in [0.15, 0.2) is 22.7 Å². The largest absolute Gasteiger partial charge is 0.389 e. The molecule has 3 N–H and O–H groups in total. The molecule has 2 nitrogen and oxygen atoms in total. The van der Waals surface area contributed by atoms with Crippen molar-refractivity contribution in [1.29, 1.82) is 0 Å². The lowest BCUT2D eigenvalue weighted by molar-refractivity contribution is 0.813. The summed E-state index contributed by atoms with van der Waals surface area (Å²) < 4.78 is 1.04. The maximum atomic E-state index is 5.71. The zero-order chi connectivity index (χ0) is 11.5. The highest BCUT2D eigenvalue weighted by Gasteiger charge is 2.17. The molecule has 0 bridgehead atoms. The van der Waals surface area contributed by atoms with Crippen molar-refractivity contribution >= 4 is 50.6 Å². The summed E-state index contributed by atoms with van der Waals surface area (Å²) in [5.74, 6) is 2.39. The first kappa shape index (κ1) is 12.2. The Kier molecular flexibility index (Phi) is 4.10. The Morgan fingerprint density at radius 3 is 3.00 bits per heavy atom. The van der Waals surface area contributed by atoms with Crippen LogP contribution in [-0.2, 0) is 0 Å². The van der Waals surface area contributed by atoms with E-state index in [1.54, 1.807) is 0 Å². The Morgan fingerprint density at radius 2 is 2.38 bits per heavy atom. The standard InChI is InChI=1S/C11H13BrN2S2/c12-7-1-2-9(11(13)15)10(5-7)14-8-3-4-16-6-8/h1-2,5,8,14H,3-4,6H2,(H2,13,15). The van der Waals surface area contributed by atoms with Crippen LogP contribution in [0.4, 0.5) is 5.69 Å². The molecular weight excluding hydrogens is 304 g/mol. The van der Waals surface area contributed by atoms with Gasteiger partial charge in [-0.2, -0.15) is 11.8 Å². The minimum Gasteiger partial charge on any atom is -0.389 e. The first-order chi connectivity index (χ1) is 7.66. The summed E-state index contributed by atoms with van der Waals surface area (Å²) in [4.78, 5) is 0.445. The van der Waals surface area contributed by atoms with Crippen LogP contribution in [0, 0.1) is 0 Å². The van der Waals surface area contributed by atoms with E-state index >= 15 is 0 Å². The number of anilines is 1. The number of benzene rings is 1. The molecule has 0 spiro atoms. The summed E-state index contributed by atoms with van der Waals surface area (Å²) in [5.41, 5.74) is 7.67. The van der Waals surface area contributed by atoms with Gasteiger partial charge >= 0.3 is 0 Å². The van der Waals surface area contributed by atoms with Gasteiger partial charge in [-0.15, -0.1) is 0 Å². The summed E-state index contributed by atoms with van der Waals surface area (Å²) >= 11 is 10.5. The predicted octanol–water partition coefficient (Wildman–Crippen LogP) is 3.00. The maximum absolute atomic E-state index is 5.71. The summed E-state index contributed by atoms with van der Waals surface area (Å²) in [6.07, 6.45) is 1.20. The predicted molar refractivity (Wildman–Crippen MR) is 79.4 cm³/mol. The summed E-state index contributed by atoms with van der Waals surface area (Å²) in [7, 11) is 0. The van der Waals surface area contributed by atoms with Gasteiger partial charge in [0.2, 0.25) is 0 Å². The van der Waals surface area contributed by atoms with Gasteiger partial charge < -0.3 is 11.1 Å². The highest BCUT2D eigenvalue weighted by Crippen LogP contribution is 2.26. The Bertz CT molecular complexity index is 403. The molecule has 1 atom stereocenters. The maximum Gasteiger partial charge on any atom is 0.106 e. The van der Waals surface area contributed by atoms with Gasteiger partial charge in [-0.25, -0.2) is 0 Å².